The van der Waals surface area contributed by atoms with Crippen molar-refractivity contribution in [3.05, 3.63) is 0 Å². The molecular formula is C16H27NO5. The number of nitrogens with zero attached hydrogens (tertiary/aromatic N) is 1. The fourth-order valence-electron chi connectivity index (χ4n) is 3.49. The van der Waals surface area contributed by atoms with Crippen molar-refractivity contribution >= 4 is 12.1 Å². The van der Waals surface area contributed by atoms with Crippen LogP contribution in [-0.2, 0) is 14.3 Å². The topological polar surface area (TPSA) is 76.1 Å². The number of ether oxygens (including phenoxy) is 2. The highest BCUT2D eigenvalue weighted by Gasteiger charge is 2.61. The number of piperidine rings is 1. The van der Waals surface area contributed by atoms with E-state index in [1.807, 2.05) is 20.8 Å². The summed E-state index contributed by atoms with van der Waals surface area (Å²) < 4.78 is 10.3. The summed E-state index contributed by atoms with van der Waals surface area (Å²) in [6.45, 7) is 6.08. The van der Waals surface area contributed by atoms with Crippen LogP contribution < -0.4 is 0 Å². The van der Waals surface area contributed by atoms with Crippen molar-refractivity contribution in [1.29, 1.82) is 0 Å². The number of amides is 1. The van der Waals surface area contributed by atoms with Crippen molar-refractivity contribution in [3.8, 4) is 0 Å². The summed E-state index contributed by atoms with van der Waals surface area (Å²) in [6.07, 6.45) is 2.82. The van der Waals surface area contributed by atoms with E-state index in [0.29, 0.717) is 32.2 Å². The Bertz CT molecular complexity index is 452. The summed E-state index contributed by atoms with van der Waals surface area (Å²) in [4.78, 5) is 26.0. The minimum absolute atomic E-state index is 0.122. The van der Waals surface area contributed by atoms with Gasteiger partial charge in [-0.1, -0.05) is 6.42 Å². The lowest BCUT2D eigenvalue weighted by molar-refractivity contribution is -0.197. The van der Waals surface area contributed by atoms with Crippen LogP contribution in [0.2, 0.25) is 0 Å². The van der Waals surface area contributed by atoms with Crippen molar-refractivity contribution < 1.29 is 24.2 Å². The van der Waals surface area contributed by atoms with Gasteiger partial charge in [0.15, 0.2) is 0 Å². The average Bonchev–Trinajstić information content (AvgIpc) is 2.34. The van der Waals surface area contributed by atoms with Gasteiger partial charge in [0, 0.05) is 6.54 Å². The zero-order valence-electron chi connectivity index (χ0n) is 14.0. The molecule has 1 atom stereocenters. The lowest BCUT2D eigenvalue weighted by Crippen LogP contribution is -2.65. The molecule has 6 nitrogen and oxygen atoms in total. The predicted molar refractivity (Wildman–Crippen MR) is 80.3 cm³/mol. The molecule has 1 amide bonds. The van der Waals surface area contributed by atoms with Gasteiger partial charge in [-0.25, -0.2) is 4.79 Å². The number of β-amino-alcohol motifs (C(OH)–C–C–N with tert-alkyl or cyclic N) is 1. The molecule has 0 aromatic carbocycles. The Morgan fingerprint density at radius 3 is 2.23 bits per heavy atom. The Hall–Kier alpha value is -1.30. The van der Waals surface area contributed by atoms with Gasteiger partial charge in [0.1, 0.15) is 5.60 Å². The molecular weight excluding hydrogens is 286 g/mol. The number of likely N-dealkylation sites (tertiary alicyclic amines) is 1. The third-order valence-corrected chi connectivity index (χ3v) is 4.80. The summed E-state index contributed by atoms with van der Waals surface area (Å²) in [5.74, 6) is -0.368. The molecule has 0 radical (unpaired) electrons. The molecule has 0 aromatic heterocycles. The fraction of sp³-hybridized carbons (Fsp3) is 0.875. The SMILES string of the molecule is COC(=O)C1(C2(O)CCCN(C(=O)OC(C)(C)C)C2)CCC1. The summed E-state index contributed by atoms with van der Waals surface area (Å²) in [5.41, 5.74) is -2.68. The van der Waals surface area contributed by atoms with Gasteiger partial charge >= 0.3 is 12.1 Å². The average molecular weight is 313 g/mol. The van der Waals surface area contributed by atoms with E-state index >= 15 is 0 Å². The number of methoxy groups -OCH3 is 1. The van der Waals surface area contributed by atoms with Gasteiger partial charge < -0.3 is 19.5 Å². The van der Waals surface area contributed by atoms with E-state index in [9.17, 15) is 14.7 Å². The Kier molecular flexibility index (Phi) is 4.44. The van der Waals surface area contributed by atoms with Crippen LogP contribution in [0.4, 0.5) is 4.79 Å². The molecule has 1 saturated heterocycles. The van der Waals surface area contributed by atoms with Crippen LogP contribution in [0.15, 0.2) is 0 Å². The molecule has 2 rings (SSSR count). The fourth-order valence-corrected chi connectivity index (χ4v) is 3.49. The van der Waals surface area contributed by atoms with Gasteiger partial charge in [0.05, 0.1) is 24.7 Å². The van der Waals surface area contributed by atoms with E-state index in [1.54, 1.807) is 0 Å². The highest BCUT2D eigenvalue weighted by Crippen LogP contribution is 2.53. The predicted octanol–water partition coefficient (Wildman–Crippen LogP) is 2.09. The first-order valence-electron chi connectivity index (χ1n) is 7.92. The largest absolute Gasteiger partial charge is 0.469 e. The molecule has 1 aliphatic carbocycles. The van der Waals surface area contributed by atoms with Gasteiger partial charge in [-0.15, -0.1) is 0 Å². The molecule has 1 unspecified atom stereocenters. The normalized spacial score (nSPS) is 27.8. The van der Waals surface area contributed by atoms with Crippen LogP contribution >= 0.6 is 0 Å². The summed E-state index contributed by atoms with van der Waals surface area (Å²) in [5, 5.41) is 11.1. The molecule has 1 N–H and O–H groups in total. The third kappa shape index (κ3) is 2.93. The molecule has 0 aromatic rings. The lowest BCUT2D eigenvalue weighted by Gasteiger charge is -2.54. The molecule has 1 heterocycles. The number of aliphatic hydroxyl groups is 1. The molecule has 1 aliphatic heterocycles. The molecule has 2 fully saturated rings. The number of carbonyl (C=O) groups is 2. The molecule has 22 heavy (non-hydrogen) atoms. The highest BCUT2D eigenvalue weighted by atomic mass is 16.6. The maximum atomic E-state index is 12.3. The Morgan fingerprint density at radius 1 is 1.14 bits per heavy atom. The highest BCUT2D eigenvalue weighted by molar-refractivity contribution is 5.80. The molecule has 126 valence electrons. The van der Waals surface area contributed by atoms with Gasteiger partial charge in [-0.05, 0) is 46.5 Å². The smallest absolute Gasteiger partial charge is 0.410 e. The molecule has 1 saturated carbocycles. The van der Waals surface area contributed by atoms with Crippen molar-refractivity contribution in [2.45, 2.75) is 64.1 Å². The van der Waals surface area contributed by atoms with E-state index in [2.05, 4.69) is 0 Å². The van der Waals surface area contributed by atoms with Crippen molar-refractivity contribution in [3.63, 3.8) is 0 Å². The van der Waals surface area contributed by atoms with E-state index in [-0.39, 0.29) is 12.5 Å². The van der Waals surface area contributed by atoms with E-state index in [0.717, 1.165) is 6.42 Å². The first-order valence-corrected chi connectivity index (χ1v) is 7.92. The van der Waals surface area contributed by atoms with Gasteiger partial charge in [-0.2, -0.15) is 0 Å². The van der Waals surface area contributed by atoms with Gasteiger partial charge in [-0.3, -0.25) is 4.79 Å². The Balaban J connectivity index is 2.15. The van der Waals surface area contributed by atoms with Gasteiger partial charge in [0.25, 0.3) is 0 Å². The summed E-state index contributed by atoms with van der Waals surface area (Å²) >= 11 is 0. The van der Waals surface area contributed by atoms with E-state index in [4.69, 9.17) is 9.47 Å². The maximum Gasteiger partial charge on any atom is 0.410 e. The summed E-state index contributed by atoms with van der Waals surface area (Å²) in [6, 6.07) is 0. The number of carbonyl (C=O) groups excluding carboxylic acids is 2. The first-order chi connectivity index (χ1) is 10.1. The number of hydrogen-bond donors (Lipinski definition) is 1. The minimum atomic E-state index is -1.23. The van der Waals surface area contributed by atoms with Crippen molar-refractivity contribution in [2.24, 2.45) is 5.41 Å². The zero-order chi connectivity index (χ0) is 16.6. The lowest BCUT2D eigenvalue weighted by atomic mass is 9.56. The molecule has 0 spiro atoms. The van der Waals surface area contributed by atoms with E-state index in [1.165, 1.54) is 12.0 Å². The second-order valence-electron chi connectivity index (χ2n) is 7.46. The Morgan fingerprint density at radius 2 is 1.77 bits per heavy atom. The van der Waals surface area contributed by atoms with Crippen LogP contribution in [0.3, 0.4) is 0 Å². The number of rotatable bonds is 2. The summed E-state index contributed by atoms with van der Waals surface area (Å²) in [7, 11) is 1.35. The second kappa shape index (κ2) is 5.72. The monoisotopic (exact) mass is 313 g/mol. The number of esters is 1. The van der Waals surface area contributed by atoms with Crippen LogP contribution in [0.5, 0.6) is 0 Å². The second-order valence-corrected chi connectivity index (χ2v) is 7.46. The standard InChI is InChI=1S/C16H27NO5/c1-14(2,3)22-13(19)17-10-6-9-16(20,11-17)15(7-5-8-15)12(18)21-4/h20H,5-11H2,1-4H3. The first kappa shape index (κ1) is 17.1. The van der Waals surface area contributed by atoms with Crippen LogP contribution in [0.1, 0.15) is 52.9 Å². The maximum absolute atomic E-state index is 12.3. The Labute approximate surface area is 131 Å². The molecule has 6 heteroatoms. The molecule has 0 bridgehead atoms. The van der Waals surface area contributed by atoms with Crippen LogP contribution in [0, 0.1) is 5.41 Å². The zero-order valence-corrected chi connectivity index (χ0v) is 14.0. The van der Waals surface area contributed by atoms with Crippen LogP contribution in [0.25, 0.3) is 0 Å². The minimum Gasteiger partial charge on any atom is -0.469 e. The van der Waals surface area contributed by atoms with Crippen molar-refractivity contribution in [2.75, 3.05) is 20.2 Å². The molecule has 2 aliphatic rings. The quantitative estimate of drug-likeness (QED) is 0.790. The van der Waals surface area contributed by atoms with Gasteiger partial charge in [0.2, 0.25) is 0 Å². The van der Waals surface area contributed by atoms with E-state index < -0.39 is 22.7 Å². The number of hydrogen-bond acceptors (Lipinski definition) is 5. The van der Waals surface area contributed by atoms with Crippen molar-refractivity contribution in [1.82, 2.24) is 4.90 Å². The van der Waals surface area contributed by atoms with Crippen LogP contribution in [-0.4, -0.2) is 53.5 Å². The third-order valence-electron chi connectivity index (χ3n) is 4.80.